The Kier molecular flexibility index (Phi) is 4.74. The molecule has 2 aliphatic rings. The molecule has 0 aromatic heterocycles. The van der Waals surface area contributed by atoms with Gasteiger partial charge in [-0.2, -0.15) is 0 Å². The van der Waals surface area contributed by atoms with Crippen LogP contribution in [0.1, 0.15) is 33.6 Å². The molecule has 0 N–H and O–H groups in total. The van der Waals surface area contributed by atoms with Crippen molar-refractivity contribution < 1.29 is 0 Å². The van der Waals surface area contributed by atoms with Gasteiger partial charge in [0.2, 0.25) is 0 Å². The first-order valence-electron chi connectivity index (χ1n) is 5.86. The standard InChI is InChI=1S/C9H18N2.C2H6/c1-2-10-5-7-11(8-6-10)9-3-4-9;1-2/h9H,2-8H2,1H3;1-2H3. The molecule has 1 saturated carbocycles. The topological polar surface area (TPSA) is 6.48 Å². The summed E-state index contributed by atoms with van der Waals surface area (Å²) >= 11 is 0. The summed E-state index contributed by atoms with van der Waals surface area (Å²) in [7, 11) is 0. The number of piperazine rings is 1. The van der Waals surface area contributed by atoms with Crippen molar-refractivity contribution in [1.29, 1.82) is 0 Å². The zero-order chi connectivity index (χ0) is 9.68. The van der Waals surface area contributed by atoms with Crippen LogP contribution in [0.5, 0.6) is 0 Å². The maximum absolute atomic E-state index is 2.66. The van der Waals surface area contributed by atoms with Gasteiger partial charge in [0.25, 0.3) is 0 Å². The lowest BCUT2D eigenvalue weighted by Crippen LogP contribution is -2.46. The van der Waals surface area contributed by atoms with Crippen LogP contribution in [0, 0.1) is 0 Å². The minimum absolute atomic E-state index is 0.981. The molecule has 0 spiro atoms. The number of nitrogens with zero attached hydrogens (tertiary/aromatic N) is 2. The van der Waals surface area contributed by atoms with Crippen LogP contribution in [0.2, 0.25) is 0 Å². The van der Waals surface area contributed by atoms with Crippen molar-refractivity contribution in [1.82, 2.24) is 9.80 Å². The molecule has 2 nitrogen and oxygen atoms in total. The first-order chi connectivity index (χ1) is 6.40. The zero-order valence-corrected chi connectivity index (χ0v) is 9.42. The largest absolute Gasteiger partial charge is 0.301 e. The maximum atomic E-state index is 2.66. The van der Waals surface area contributed by atoms with Gasteiger partial charge in [-0.25, -0.2) is 0 Å². The Morgan fingerprint density at radius 1 is 1.00 bits per heavy atom. The number of hydrogen-bond acceptors (Lipinski definition) is 2. The van der Waals surface area contributed by atoms with Crippen LogP contribution in [0.3, 0.4) is 0 Å². The SMILES string of the molecule is CC.CCN1CCN(C2CC2)CC1. The molecule has 0 bridgehead atoms. The quantitative estimate of drug-likeness (QED) is 0.646. The second-order valence-electron chi connectivity index (χ2n) is 3.70. The highest BCUT2D eigenvalue weighted by atomic mass is 15.3. The summed E-state index contributed by atoms with van der Waals surface area (Å²) in [5, 5.41) is 0. The van der Waals surface area contributed by atoms with Gasteiger partial charge in [-0.15, -0.1) is 0 Å². The van der Waals surface area contributed by atoms with Crippen LogP contribution in [0.15, 0.2) is 0 Å². The van der Waals surface area contributed by atoms with Crippen LogP contribution < -0.4 is 0 Å². The van der Waals surface area contributed by atoms with Crippen LogP contribution in [0.25, 0.3) is 0 Å². The Morgan fingerprint density at radius 2 is 1.54 bits per heavy atom. The predicted molar refractivity (Wildman–Crippen MR) is 58.1 cm³/mol. The van der Waals surface area contributed by atoms with E-state index < -0.39 is 0 Å². The third-order valence-corrected chi connectivity index (χ3v) is 2.92. The van der Waals surface area contributed by atoms with Crippen molar-refractivity contribution in [3.63, 3.8) is 0 Å². The summed E-state index contributed by atoms with van der Waals surface area (Å²) in [5.74, 6) is 0. The van der Waals surface area contributed by atoms with E-state index in [0.29, 0.717) is 0 Å². The van der Waals surface area contributed by atoms with Crippen LogP contribution in [-0.4, -0.2) is 48.6 Å². The van der Waals surface area contributed by atoms with Gasteiger partial charge < -0.3 is 4.90 Å². The van der Waals surface area contributed by atoms with E-state index in [9.17, 15) is 0 Å². The molecule has 0 aromatic carbocycles. The fourth-order valence-corrected chi connectivity index (χ4v) is 1.88. The van der Waals surface area contributed by atoms with Gasteiger partial charge in [0, 0.05) is 32.2 Å². The summed E-state index contributed by atoms with van der Waals surface area (Å²) in [4.78, 5) is 5.20. The van der Waals surface area contributed by atoms with Crippen LogP contribution in [-0.2, 0) is 0 Å². The van der Waals surface area contributed by atoms with E-state index in [1.165, 1.54) is 45.6 Å². The molecule has 0 aromatic rings. The molecule has 0 unspecified atom stereocenters. The van der Waals surface area contributed by atoms with Gasteiger partial charge in [0.05, 0.1) is 0 Å². The molecule has 1 saturated heterocycles. The molecule has 0 radical (unpaired) electrons. The van der Waals surface area contributed by atoms with Crippen molar-refractivity contribution in [3.05, 3.63) is 0 Å². The average molecular weight is 184 g/mol. The predicted octanol–water partition coefficient (Wildman–Crippen LogP) is 1.81. The van der Waals surface area contributed by atoms with E-state index in [4.69, 9.17) is 0 Å². The Hall–Kier alpha value is -0.0800. The molecule has 78 valence electrons. The summed E-state index contributed by atoms with van der Waals surface area (Å²) in [6, 6.07) is 0.981. The first-order valence-corrected chi connectivity index (χ1v) is 5.86. The summed E-state index contributed by atoms with van der Waals surface area (Å²) < 4.78 is 0. The van der Waals surface area contributed by atoms with Gasteiger partial charge in [-0.1, -0.05) is 20.8 Å². The fraction of sp³-hybridized carbons (Fsp3) is 1.00. The van der Waals surface area contributed by atoms with E-state index in [-0.39, 0.29) is 0 Å². The first kappa shape index (κ1) is 11.0. The zero-order valence-electron chi connectivity index (χ0n) is 9.42. The van der Waals surface area contributed by atoms with Crippen molar-refractivity contribution in [2.24, 2.45) is 0 Å². The molecule has 1 heterocycles. The van der Waals surface area contributed by atoms with E-state index >= 15 is 0 Å². The molecule has 13 heavy (non-hydrogen) atoms. The molecule has 2 fully saturated rings. The minimum atomic E-state index is 0.981. The average Bonchev–Trinajstić information content (AvgIpc) is 3.05. The van der Waals surface area contributed by atoms with E-state index in [1.54, 1.807) is 0 Å². The fourth-order valence-electron chi connectivity index (χ4n) is 1.88. The number of hydrogen-bond donors (Lipinski definition) is 0. The third kappa shape index (κ3) is 3.28. The van der Waals surface area contributed by atoms with Gasteiger partial charge in [0.1, 0.15) is 0 Å². The van der Waals surface area contributed by atoms with Crippen molar-refractivity contribution >= 4 is 0 Å². The lowest BCUT2D eigenvalue weighted by atomic mass is 10.3. The Bertz CT molecular complexity index is 124. The molecule has 2 heteroatoms. The Balaban J connectivity index is 0.000000396. The summed E-state index contributed by atoms with van der Waals surface area (Å²) in [6.07, 6.45) is 2.93. The molecule has 1 aliphatic heterocycles. The lowest BCUT2D eigenvalue weighted by molar-refractivity contribution is 0.131. The van der Waals surface area contributed by atoms with Gasteiger partial charge in [-0.05, 0) is 19.4 Å². The number of likely N-dealkylation sites (N-methyl/N-ethyl adjacent to an activating group) is 1. The van der Waals surface area contributed by atoms with Gasteiger partial charge >= 0.3 is 0 Å². The highest BCUT2D eigenvalue weighted by molar-refractivity contribution is 4.87. The van der Waals surface area contributed by atoms with Crippen LogP contribution in [0.4, 0.5) is 0 Å². The maximum Gasteiger partial charge on any atom is 0.0113 e. The van der Waals surface area contributed by atoms with E-state index in [1.807, 2.05) is 13.8 Å². The second kappa shape index (κ2) is 5.61. The minimum Gasteiger partial charge on any atom is -0.301 e. The lowest BCUT2D eigenvalue weighted by Gasteiger charge is -2.33. The molecule has 1 aliphatic carbocycles. The summed E-state index contributed by atoms with van der Waals surface area (Å²) in [5.41, 5.74) is 0. The highest BCUT2D eigenvalue weighted by Crippen LogP contribution is 2.27. The molecular weight excluding hydrogens is 160 g/mol. The smallest absolute Gasteiger partial charge is 0.0113 e. The van der Waals surface area contributed by atoms with E-state index in [0.717, 1.165) is 6.04 Å². The summed E-state index contributed by atoms with van der Waals surface area (Å²) in [6.45, 7) is 12.7. The van der Waals surface area contributed by atoms with Crippen LogP contribution >= 0.6 is 0 Å². The Morgan fingerprint density at radius 3 is 1.92 bits per heavy atom. The van der Waals surface area contributed by atoms with Crippen molar-refractivity contribution in [2.75, 3.05) is 32.7 Å². The Labute approximate surface area is 82.9 Å². The second-order valence-corrected chi connectivity index (χ2v) is 3.70. The monoisotopic (exact) mass is 184 g/mol. The van der Waals surface area contributed by atoms with Crippen molar-refractivity contribution in [3.8, 4) is 0 Å². The van der Waals surface area contributed by atoms with Gasteiger partial charge in [-0.3, -0.25) is 4.90 Å². The highest BCUT2D eigenvalue weighted by Gasteiger charge is 2.30. The third-order valence-electron chi connectivity index (χ3n) is 2.92. The molecule has 2 rings (SSSR count). The van der Waals surface area contributed by atoms with Gasteiger partial charge in [0.15, 0.2) is 0 Å². The molecular formula is C11H24N2. The number of rotatable bonds is 2. The normalized spacial score (nSPS) is 25.2. The van der Waals surface area contributed by atoms with E-state index in [2.05, 4.69) is 16.7 Å². The molecule has 0 atom stereocenters. The molecule has 0 amide bonds. The van der Waals surface area contributed by atoms with Crippen molar-refractivity contribution in [2.45, 2.75) is 39.7 Å².